The van der Waals surface area contributed by atoms with Gasteiger partial charge in [-0.2, -0.15) is 0 Å². The largest absolute Gasteiger partial charge is 0.496 e. The predicted octanol–water partition coefficient (Wildman–Crippen LogP) is 3.58. The Hall–Kier alpha value is -2.82. The Balaban J connectivity index is 1.73. The van der Waals surface area contributed by atoms with Crippen LogP contribution in [0.3, 0.4) is 0 Å². The lowest BCUT2D eigenvalue weighted by molar-refractivity contribution is -0.118. The fraction of sp³-hybridized carbons (Fsp3) is 0.364. The molecule has 2 N–H and O–H groups in total. The number of nitrogens with one attached hydrogen (secondary N) is 2. The Labute approximate surface area is 160 Å². The number of fused-ring (bicyclic) bond motifs is 1. The monoisotopic (exact) mass is 366 g/mol. The molecule has 0 bridgehead atoms. The molecular weight excluding hydrogens is 340 g/mol. The lowest BCUT2D eigenvalue weighted by Crippen LogP contribution is -2.47. The first-order valence-electron chi connectivity index (χ1n) is 9.36. The van der Waals surface area contributed by atoms with Gasteiger partial charge in [-0.25, -0.2) is 0 Å². The van der Waals surface area contributed by atoms with E-state index in [1.807, 2.05) is 26.0 Å². The zero-order valence-electron chi connectivity index (χ0n) is 16.0. The van der Waals surface area contributed by atoms with Crippen LogP contribution in [-0.4, -0.2) is 25.0 Å². The molecule has 0 aliphatic heterocycles. The molecule has 0 fully saturated rings. The van der Waals surface area contributed by atoms with Crippen molar-refractivity contribution in [2.75, 3.05) is 12.4 Å². The van der Waals surface area contributed by atoms with Crippen molar-refractivity contribution in [3.63, 3.8) is 0 Å². The van der Waals surface area contributed by atoms with Crippen molar-refractivity contribution in [1.82, 2.24) is 5.32 Å². The highest BCUT2D eigenvalue weighted by atomic mass is 16.5. The van der Waals surface area contributed by atoms with Crippen molar-refractivity contribution >= 4 is 17.5 Å². The second kappa shape index (κ2) is 8.25. The van der Waals surface area contributed by atoms with Gasteiger partial charge in [0.05, 0.1) is 12.7 Å². The number of para-hydroxylation sites is 1. The van der Waals surface area contributed by atoms with Crippen molar-refractivity contribution in [2.45, 2.75) is 39.2 Å². The van der Waals surface area contributed by atoms with Gasteiger partial charge in [-0.3, -0.25) is 9.59 Å². The van der Waals surface area contributed by atoms with Gasteiger partial charge < -0.3 is 15.4 Å². The van der Waals surface area contributed by atoms with Crippen molar-refractivity contribution in [2.24, 2.45) is 5.92 Å². The molecule has 3 rings (SSSR count). The number of anilines is 1. The molecule has 1 aliphatic rings. The molecule has 5 nitrogen and oxygen atoms in total. The minimum atomic E-state index is -0.643. The maximum Gasteiger partial charge on any atom is 0.255 e. The third kappa shape index (κ3) is 4.30. The number of hydrogen-bond donors (Lipinski definition) is 2. The maximum atomic E-state index is 12.8. The highest BCUT2D eigenvalue weighted by Crippen LogP contribution is 2.25. The molecule has 1 aliphatic carbocycles. The van der Waals surface area contributed by atoms with Crippen molar-refractivity contribution < 1.29 is 14.3 Å². The number of rotatable bonds is 6. The molecule has 0 saturated carbocycles. The van der Waals surface area contributed by atoms with Gasteiger partial charge in [0.25, 0.3) is 5.91 Å². The average Bonchev–Trinajstić information content (AvgIpc) is 3.13. The summed E-state index contributed by atoms with van der Waals surface area (Å²) in [7, 11) is 1.52. The molecular formula is C22H26N2O3. The average molecular weight is 366 g/mol. The van der Waals surface area contributed by atoms with E-state index in [-0.39, 0.29) is 17.7 Å². The van der Waals surface area contributed by atoms with Crippen LogP contribution in [0.2, 0.25) is 0 Å². The molecule has 0 radical (unpaired) electrons. The first kappa shape index (κ1) is 19.0. The summed E-state index contributed by atoms with van der Waals surface area (Å²) < 4.78 is 5.25. The van der Waals surface area contributed by atoms with Gasteiger partial charge in [0.2, 0.25) is 5.91 Å². The Bertz CT molecular complexity index is 845. The third-order valence-electron chi connectivity index (χ3n) is 4.95. The summed E-state index contributed by atoms with van der Waals surface area (Å²) >= 11 is 0. The zero-order valence-corrected chi connectivity index (χ0v) is 16.0. The van der Waals surface area contributed by atoms with Crippen LogP contribution >= 0.6 is 0 Å². The Morgan fingerprint density at radius 1 is 1.04 bits per heavy atom. The van der Waals surface area contributed by atoms with E-state index in [2.05, 4.69) is 16.7 Å². The smallest absolute Gasteiger partial charge is 0.255 e. The predicted molar refractivity (Wildman–Crippen MR) is 106 cm³/mol. The summed E-state index contributed by atoms with van der Waals surface area (Å²) in [6.45, 7) is 3.82. The molecule has 0 unspecified atom stereocenters. The van der Waals surface area contributed by atoms with Crippen molar-refractivity contribution in [3.8, 4) is 5.75 Å². The molecule has 0 heterocycles. The highest BCUT2D eigenvalue weighted by Gasteiger charge is 2.26. The highest BCUT2D eigenvalue weighted by molar-refractivity contribution is 6.02. The third-order valence-corrected chi connectivity index (χ3v) is 4.95. The van der Waals surface area contributed by atoms with Crippen LogP contribution in [0.5, 0.6) is 5.75 Å². The standard InChI is InChI=1S/C22H26N2O3/c1-14(2)20(24-21(25)18-9-4-5-10-19(18)27-3)22(26)23-17-12-11-15-7-6-8-16(15)13-17/h4-5,9-14,20H,6-8H2,1-3H3,(H,23,26)(H,24,25)/t20-/m0/s1. The summed E-state index contributed by atoms with van der Waals surface area (Å²) in [5.74, 6) is -0.115. The minimum absolute atomic E-state index is 0.0573. The number of carbonyl (C=O) groups excluding carboxylic acids is 2. The number of amides is 2. The van der Waals surface area contributed by atoms with Gasteiger partial charge in [-0.15, -0.1) is 0 Å². The summed E-state index contributed by atoms with van der Waals surface area (Å²) in [6, 6.07) is 12.4. The van der Waals surface area contributed by atoms with Crippen LogP contribution in [-0.2, 0) is 17.6 Å². The fourth-order valence-electron chi connectivity index (χ4n) is 3.46. The number of hydrogen-bond acceptors (Lipinski definition) is 3. The van der Waals surface area contributed by atoms with E-state index in [4.69, 9.17) is 4.74 Å². The normalized spacial score (nSPS) is 13.8. The summed E-state index contributed by atoms with van der Waals surface area (Å²) in [5.41, 5.74) is 3.85. The van der Waals surface area contributed by atoms with Crippen LogP contribution in [0.1, 0.15) is 41.8 Å². The van der Waals surface area contributed by atoms with Gasteiger partial charge >= 0.3 is 0 Å². The van der Waals surface area contributed by atoms with E-state index in [1.165, 1.54) is 18.2 Å². The van der Waals surface area contributed by atoms with E-state index in [1.54, 1.807) is 24.3 Å². The first-order chi connectivity index (χ1) is 13.0. The quantitative estimate of drug-likeness (QED) is 0.821. The molecule has 0 spiro atoms. The Kier molecular flexibility index (Phi) is 5.79. The number of aryl methyl sites for hydroxylation is 2. The van der Waals surface area contributed by atoms with E-state index in [0.717, 1.165) is 24.9 Å². The second-order valence-corrected chi connectivity index (χ2v) is 7.22. The van der Waals surface area contributed by atoms with Crippen LogP contribution < -0.4 is 15.4 Å². The molecule has 1 atom stereocenters. The summed E-state index contributed by atoms with van der Waals surface area (Å²) in [4.78, 5) is 25.5. The van der Waals surface area contributed by atoms with Crippen LogP contribution in [0, 0.1) is 5.92 Å². The lowest BCUT2D eigenvalue weighted by atomic mass is 10.0. The number of methoxy groups -OCH3 is 1. The van der Waals surface area contributed by atoms with E-state index in [0.29, 0.717) is 11.3 Å². The molecule has 27 heavy (non-hydrogen) atoms. The molecule has 2 aromatic carbocycles. The number of carbonyl (C=O) groups is 2. The molecule has 142 valence electrons. The molecule has 5 heteroatoms. The molecule has 0 saturated heterocycles. The van der Waals surface area contributed by atoms with Crippen LogP contribution in [0.15, 0.2) is 42.5 Å². The Morgan fingerprint density at radius 2 is 1.78 bits per heavy atom. The molecule has 2 aromatic rings. The molecule has 2 amide bonds. The number of benzene rings is 2. The zero-order chi connectivity index (χ0) is 19.4. The van der Waals surface area contributed by atoms with Crippen molar-refractivity contribution in [3.05, 3.63) is 59.2 Å². The van der Waals surface area contributed by atoms with Gasteiger partial charge in [-0.1, -0.05) is 32.0 Å². The molecule has 0 aromatic heterocycles. The topological polar surface area (TPSA) is 67.4 Å². The number of ether oxygens (including phenoxy) is 1. The van der Waals surface area contributed by atoms with Gasteiger partial charge in [0, 0.05) is 5.69 Å². The van der Waals surface area contributed by atoms with Gasteiger partial charge in [-0.05, 0) is 60.6 Å². The SMILES string of the molecule is COc1ccccc1C(=O)N[C@H](C(=O)Nc1ccc2c(c1)CCC2)C(C)C. The van der Waals surface area contributed by atoms with E-state index in [9.17, 15) is 9.59 Å². The second-order valence-electron chi connectivity index (χ2n) is 7.22. The lowest BCUT2D eigenvalue weighted by Gasteiger charge is -2.22. The van der Waals surface area contributed by atoms with Gasteiger partial charge in [0.15, 0.2) is 0 Å². The Morgan fingerprint density at radius 3 is 2.52 bits per heavy atom. The van der Waals surface area contributed by atoms with E-state index < -0.39 is 6.04 Å². The first-order valence-corrected chi connectivity index (χ1v) is 9.36. The van der Waals surface area contributed by atoms with Crippen LogP contribution in [0.25, 0.3) is 0 Å². The summed E-state index contributed by atoms with van der Waals surface area (Å²) in [5, 5.41) is 5.80. The van der Waals surface area contributed by atoms with Gasteiger partial charge in [0.1, 0.15) is 11.8 Å². The maximum absolute atomic E-state index is 12.8. The van der Waals surface area contributed by atoms with Crippen LogP contribution in [0.4, 0.5) is 5.69 Å². The van der Waals surface area contributed by atoms with Crippen molar-refractivity contribution in [1.29, 1.82) is 0 Å². The minimum Gasteiger partial charge on any atom is -0.496 e. The fourth-order valence-corrected chi connectivity index (χ4v) is 3.46. The summed E-state index contributed by atoms with van der Waals surface area (Å²) in [6.07, 6.45) is 3.32. The van der Waals surface area contributed by atoms with E-state index >= 15 is 0 Å².